The Morgan fingerprint density at radius 3 is 2.42 bits per heavy atom. The average Bonchev–Trinajstić information content (AvgIpc) is 2.59. The Morgan fingerprint density at radius 2 is 2.08 bits per heavy atom. The van der Waals surface area contributed by atoms with Crippen LogP contribution in [0.5, 0.6) is 0 Å². The molecule has 70 valence electrons. The SMILES string of the molecule is CCCC(C)C(=O)C1CC1(C)C. The molecule has 1 aliphatic rings. The molecule has 0 heterocycles. The maximum atomic E-state index is 11.7. The van der Waals surface area contributed by atoms with Crippen LogP contribution in [-0.2, 0) is 4.79 Å². The minimum Gasteiger partial charge on any atom is -0.299 e. The van der Waals surface area contributed by atoms with Crippen molar-refractivity contribution in [3.63, 3.8) is 0 Å². The zero-order chi connectivity index (χ0) is 9.35. The summed E-state index contributed by atoms with van der Waals surface area (Å²) in [5.74, 6) is 1.17. The molecule has 12 heavy (non-hydrogen) atoms. The Balaban J connectivity index is 2.39. The van der Waals surface area contributed by atoms with Gasteiger partial charge in [0.25, 0.3) is 0 Å². The Labute approximate surface area is 75.5 Å². The molecular weight excluding hydrogens is 148 g/mol. The lowest BCUT2D eigenvalue weighted by atomic mass is 9.94. The van der Waals surface area contributed by atoms with Crippen LogP contribution in [-0.4, -0.2) is 5.78 Å². The van der Waals surface area contributed by atoms with Gasteiger partial charge in [-0.15, -0.1) is 0 Å². The summed E-state index contributed by atoms with van der Waals surface area (Å²) in [6.07, 6.45) is 3.30. The maximum absolute atomic E-state index is 11.7. The highest BCUT2D eigenvalue weighted by Gasteiger charge is 2.50. The number of rotatable bonds is 4. The minimum absolute atomic E-state index is 0.293. The summed E-state index contributed by atoms with van der Waals surface area (Å²) >= 11 is 0. The fourth-order valence-corrected chi connectivity index (χ4v) is 1.87. The van der Waals surface area contributed by atoms with Crippen molar-refractivity contribution < 1.29 is 4.79 Å². The number of carbonyl (C=O) groups excluding carboxylic acids is 1. The molecule has 1 fully saturated rings. The lowest BCUT2D eigenvalue weighted by Crippen LogP contribution is -2.15. The molecule has 2 unspecified atom stereocenters. The van der Waals surface area contributed by atoms with Gasteiger partial charge in [-0.2, -0.15) is 0 Å². The molecule has 1 aliphatic carbocycles. The van der Waals surface area contributed by atoms with E-state index in [0.717, 1.165) is 19.3 Å². The molecule has 0 aromatic heterocycles. The highest BCUT2D eigenvalue weighted by molar-refractivity contribution is 5.86. The topological polar surface area (TPSA) is 17.1 Å². The van der Waals surface area contributed by atoms with Gasteiger partial charge >= 0.3 is 0 Å². The predicted molar refractivity (Wildman–Crippen MR) is 51.0 cm³/mol. The predicted octanol–water partition coefficient (Wildman–Crippen LogP) is 3.04. The quantitative estimate of drug-likeness (QED) is 0.630. The first kappa shape index (κ1) is 9.76. The Hall–Kier alpha value is -0.330. The fourth-order valence-electron chi connectivity index (χ4n) is 1.87. The minimum atomic E-state index is 0.293. The first-order valence-corrected chi connectivity index (χ1v) is 5.02. The molecule has 0 aromatic carbocycles. The lowest BCUT2D eigenvalue weighted by molar-refractivity contribution is -0.124. The summed E-state index contributed by atoms with van der Waals surface area (Å²) in [5, 5.41) is 0. The van der Waals surface area contributed by atoms with Crippen LogP contribution in [0.15, 0.2) is 0 Å². The van der Waals surface area contributed by atoms with E-state index >= 15 is 0 Å². The molecule has 2 atom stereocenters. The molecule has 0 spiro atoms. The van der Waals surface area contributed by atoms with Crippen LogP contribution in [0.25, 0.3) is 0 Å². The smallest absolute Gasteiger partial charge is 0.139 e. The summed E-state index contributed by atoms with van der Waals surface area (Å²) in [7, 11) is 0. The second-order valence-electron chi connectivity index (χ2n) is 4.84. The highest BCUT2D eigenvalue weighted by atomic mass is 16.1. The number of Topliss-reactive ketones (excluding diaryl/α,β-unsaturated/α-hetero) is 1. The zero-order valence-corrected chi connectivity index (χ0v) is 8.68. The van der Waals surface area contributed by atoms with Crippen molar-refractivity contribution in [1.82, 2.24) is 0 Å². The molecule has 0 aromatic rings. The molecule has 0 bridgehead atoms. The second-order valence-corrected chi connectivity index (χ2v) is 4.84. The van der Waals surface area contributed by atoms with Gasteiger partial charge in [0, 0.05) is 11.8 Å². The standard InChI is InChI=1S/C11H20O/c1-5-6-8(2)10(12)9-7-11(9,3)4/h8-9H,5-7H2,1-4H3. The van der Waals surface area contributed by atoms with E-state index in [1.807, 2.05) is 0 Å². The Bertz CT molecular complexity index is 181. The third-order valence-electron chi connectivity index (χ3n) is 3.06. The van der Waals surface area contributed by atoms with Crippen LogP contribution in [0.2, 0.25) is 0 Å². The zero-order valence-electron chi connectivity index (χ0n) is 8.68. The largest absolute Gasteiger partial charge is 0.299 e. The average molecular weight is 168 g/mol. The molecule has 0 amide bonds. The van der Waals surface area contributed by atoms with E-state index in [0.29, 0.717) is 23.0 Å². The van der Waals surface area contributed by atoms with Crippen LogP contribution in [0.1, 0.15) is 47.0 Å². The van der Waals surface area contributed by atoms with Crippen molar-refractivity contribution in [2.75, 3.05) is 0 Å². The van der Waals surface area contributed by atoms with E-state index in [2.05, 4.69) is 27.7 Å². The monoisotopic (exact) mass is 168 g/mol. The van der Waals surface area contributed by atoms with E-state index in [9.17, 15) is 4.79 Å². The summed E-state index contributed by atoms with van der Waals surface area (Å²) in [5.41, 5.74) is 0.319. The van der Waals surface area contributed by atoms with Crippen LogP contribution in [0.3, 0.4) is 0 Å². The Kier molecular flexibility index (Phi) is 2.60. The summed E-state index contributed by atoms with van der Waals surface area (Å²) in [6.45, 7) is 8.59. The lowest BCUT2D eigenvalue weighted by Gasteiger charge is -2.09. The molecule has 1 nitrogen and oxygen atoms in total. The van der Waals surface area contributed by atoms with E-state index in [1.54, 1.807) is 0 Å². The highest BCUT2D eigenvalue weighted by Crippen LogP contribution is 2.53. The summed E-state index contributed by atoms with van der Waals surface area (Å²) in [6, 6.07) is 0. The Morgan fingerprint density at radius 1 is 1.58 bits per heavy atom. The summed E-state index contributed by atoms with van der Waals surface area (Å²) < 4.78 is 0. The maximum Gasteiger partial charge on any atom is 0.139 e. The molecule has 1 rings (SSSR count). The summed E-state index contributed by atoms with van der Waals surface area (Å²) in [4.78, 5) is 11.7. The molecule has 0 N–H and O–H groups in total. The van der Waals surface area contributed by atoms with Gasteiger partial charge in [0.15, 0.2) is 0 Å². The first-order chi connectivity index (χ1) is 5.49. The van der Waals surface area contributed by atoms with E-state index in [1.165, 1.54) is 0 Å². The van der Waals surface area contributed by atoms with Crippen LogP contribution >= 0.6 is 0 Å². The van der Waals surface area contributed by atoms with Gasteiger partial charge in [0.1, 0.15) is 5.78 Å². The number of hydrogen-bond acceptors (Lipinski definition) is 1. The molecular formula is C11H20O. The fraction of sp³-hybridized carbons (Fsp3) is 0.909. The van der Waals surface area contributed by atoms with E-state index in [-0.39, 0.29) is 0 Å². The molecule has 1 heteroatoms. The molecule has 0 aliphatic heterocycles. The van der Waals surface area contributed by atoms with Crippen molar-refractivity contribution in [2.45, 2.75) is 47.0 Å². The van der Waals surface area contributed by atoms with Crippen molar-refractivity contribution >= 4 is 5.78 Å². The van der Waals surface area contributed by atoms with Crippen molar-refractivity contribution in [3.8, 4) is 0 Å². The van der Waals surface area contributed by atoms with Gasteiger partial charge in [-0.1, -0.05) is 34.1 Å². The van der Waals surface area contributed by atoms with E-state index in [4.69, 9.17) is 0 Å². The number of hydrogen-bond donors (Lipinski definition) is 0. The van der Waals surface area contributed by atoms with Gasteiger partial charge in [-0.05, 0) is 18.3 Å². The van der Waals surface area contributed by atoms with E-state index < -0.39 is 0 Å². The third-order valence-corrected chi connectivity index (χ3v) is 3.06. The first-order valence-electron chi connectivity index (χ1n) is 5.02. The van der Waals surface area contributed by atoms with Gasteiger partial charge < -0.3 is 0 Å². The third kappa shape index (κ3) is 1.88. The molecule has 0 radical (unpaired) electrons. The van der Waals surface area contributed by atoms with Crippen molar-refractivity contribution in [1.29, 1.82) is 0 Å². The second kappa shape index (κ2) is 3.20. The molecule has 1 saturated carbocycles. The van der Waals surface area contributed by atoms with Crippen LogP contribution in [0, 0.1) is 17.3 Å². The van der Waals surface area contributed by atoms with Gasteiger partial charge in [-0.3, -0.25) is 4.79 Å². The molecule has 0 saturated heterocycles. The number of carbonyl (C=O) groups is 1. The van der Waals surface area contributed by atoms with Gasteiger partial charge in [0.2, 0.25) is 0 Å². The van der Waals surface area contributed by atoms with Gasteiger partial charge in [-0.25, -0.2) is 0 Å². The van der Waals surface area contributed by atoms with Crippen LogP contribution < -0.4 is 0 Å². The normalized spacial score (nSPS) is 28.2. The number of ketones is 1. The van der Waals surface area contributed by atoms with Gasteiger partial charge in [0.05, 0.1) is 0 Å². The van der Waals surface area contributed by atoms with Crippen LogP contribution in [0.4, 0.5) is 0 Å². The van der Waals surface area contributed by atoms with Crippen molar-refractivity contribution in [2.24, 2.45) is 17.3 Å². The van der Waals surface area contributed by atoms with Crippen molar-refractivity contribution in [3.05, 3.63) is 0 Å².